The Balaban J connectivity index is 2.93. The SMILES string of the molecule is Cc1ccc(C)n2nc(N)nc12. The van der Waals surface area contributed by atoms with Gasteiger partial charge >= 0.3 is 0 Å². The predicted octanol–water partition coefficient (Wildman–Crippen LogP) is 0.928. The van der Waals surface area contributed by atoms with Crippen LogP contribution in [0.3, 0.4) is 0 Å². The van der Waals surface area contributed by atoms with Gasteiger partial charge in [-0.1, -0.05) is 6.07 Å². The maximum atomic E-state index is 5.49. The smallest absolute Gasteiger partial charge is 0.240 e. The number of fused-ring (bicyclic) bond motifs is 1. The number of hydrogen-bond acceptors (Lipinski definition) is 3. The van der Waals surface area contributed by atoms with E-state index in [0.29, 0.717) is 5.95 Å². The van der Waals surface area contributed by atoms with Crippen LogP contribution in [0.2, 0.25) is 0 Å². The van der Waals surface area contributed by atoms with Gasteiger partial charge in [-0.15, -0.1) is 5.10 Å². The molecule has 4 nitrogen and oxygen atoms in total. The number of anilines is 1. The van der Waals surface area contributed by atoms with E-state index >= 15 is 0 Å². The van der Waals surface area contributed by atoms with Gasteiger partial charge in [0.1, 0.15) is 0 Å². The maximum absolute atomic E-state index is 5.49. The van der Waals surface area contributed by atoms with E-state index in [1.54, 1.807) is 4.52 Å². The number of hydrogen-bond donors (Lipinski definition) is 1. The Labute approximate surface area is 70.0 Å². The van der Waals surface area contributed by atoms with Gasteiger partial charge in [-0.25, -0.2) is 4.52 Å². The first-order valence-electron chi connectivity index (χ1n) is 3.77. The molecule has 2 N–H and O–H groups in total. The fraction of sp³-hybridized carbons (Fsp3) is 0.250. The fourth-order valence-electron chi connectivity index (χ4n) is 1.22. The van der Waals surface area contributed by atoms with Gasteiger partial charge in [0.15, 0.2) is 5.65 Å². The molecule has 2 aromatic heterocycles. The van der Waals surface area contributed by atoms with Gasteiger partial charge in [-0.2, -0.15) is 4.98 Å². The van der Waals surface area contributed by atoms with Gasteiger partial charge in [-0.3, -0.25) is 0 Å². The number of rotatable bonds is 0. The van der Waals surface area contributed by atoms with E-state index in [1.807, 2.05) is 26.0 Å². The van der Waals surface area contributed by atoms with Crippen molar-refractivity contribution in [3.8, 4) is 0 Å². The Morgan fingerprint density at radius 2 is 2.08 bits per heavy atom. The van der Waals surface area contributed by atoms with E-state index in [4.69, 9.17) is 5.73 Å². The molecule has 0 amide bonds. The molecule has 4 heteroatoms. The summed E-state index contributed by atoms with van der Waals surface area (Å²) in [5.41, 5.74) is 8.45. The van der Waals surface area contributed by atoms with E-state index < -0.39 is 0 Å². The molecule has 62 valence electrons. The van der Waals surface area contributed by atoms with E-state index in [1.165, 1.54) is 0 Å². The van der Waals surface area contributed by atoms with Crippen molar-refractivity contribution >= 4 is 11.6 Å². The lowest BCUT2D eigenvalue weighted by atomic mass is 10.3. The standard InChI is InChI=1S/C8H10N4/c1-5-3-4-6(2)12-7(5)10-8(9)11-12/h3-4H,1-2H3,(H2,9,11). The Morgan fingerprint density at radius 3 is 2.75 bits per heavy atom. The molecule has 0 radical (unpaired) electrons. The van der Waals surface area contributed by atoms with Gasteiger partial charge in [0.2, 0.25) is 5.95 Å². The summed E-state index contributed by atoms with van der Waals surface area (Å²) in [5, 5.41) is 4.06. The van der Waals surface area contributed by atoms with E-state index in [-0.39, 0.29) is 0 Å². The number of nitrogens with zero attached hydrogens (tertiary/aromatic N) is 3. The molecule has 0 bridgehead atoms. The van der Waals surface area contributed by atoms with Crippen LogP contribution < -0.4 is 5.73 Å². The van der Waals surface area contributed by atoms with Crippen molar-refractivity contribution in [1.82, 2.24) is 14.6 Å². The van der Waals surface area contributed by atoms with Crippen molar-refractivity contribution in [2.24, 2.45) is 0 Å². The summed E-state index contributed by atoms with van der Waals surface area (Å²) in [6.07, 6.45) is 0. The minimum atomic E-state index is 0.326. The summed E-state index contributed by atoms with van der Waals surface area (Å²) >= 11 is 0. The Bertz CT molecular complexity index is 391. The van der Waals surface area contributed by atoms with Crippen molar-refractivity contribution in [3.63, 3.8) is 0 Å². The highest BCUT2D eigenvalue weighted by Crippen LogP contribution is 2.10. The largest absolute Gasteiger partial charge is 0.366 e. The monoisotopic (exact) mass is 162 g/mol. The summed E-state index contributed by atoms with van der Waals surface area (Å²) in [6, 6.07) is 4.01. The molecule has 0 aliphatic rings. The van der Waals surface area contributed by atoms with Crippen molar-refractivity contribution in [2.45, 2.75) is 13.8 Å². The van der Waals surface area contributed by atoms with Crippen LogP contribution in [0, 0.1) is 13.8 Å². The second-order valence-corrected chi connectivity index (χ2v) is 2.86. The van der Waals surface area contributed by atoms with Crippen molar-refractivity contribution in [2.75, 3.05) is 5.73 Å². The number of nitrogen functional groups attached to an aromatic ring is 1. The first-order chi connectivity index (χ1) is 5.68. The molecular weight excluding hydrogens is 152 g/mol. The molecule has 0 saturated carbocycles. The highest BCUT2D eigenvalue weighted by atomic mass is 15.3. The summed E-state index contributed by atoms with van der Waals surface area (Å²) in [4.78, 5) is 4.10. The average molecular weight is 162 g/mol. The molecule has 2 heterocycles. The molecule has 0 aliphatic heterocycles. The van der Waals surface area contributed by atoms with E-state index in [0.717, 1.165) is 16.9 Å². The number of pyridine rings is 1. The van der Waals surface area contributed by atoms with Crippen LogP contribution in [-0.4, -0.2) is 14.6 Å². The van der Waals surface area contributed by atoms with Crippen molar-refractivity contribution in [1.29, 1.82) is 0 Å². The molecule has 0 unspecified atom stereocenters. The molecule has 0 saturated heterocycles. The lowest BCUT2D eigenvalue weighted by Gasteiger charge is -1.98. The predicted molar refractivity (Wildman–Crippen MR) is 46.9 cm³/mol. The second kappa shape index (κ2) is 2.20. The quantitative estimate of drug-likeness (QED) is 0.627. The summed E-state index contributed by atoms with van der Waals surface area (Å²) in [6.45, 7) is 3.96. The zero-order valence-corrected chi connectivity index (χ0v) is 7.07. The molecule has 0 fully saturated rings. The third kappa shape index (κ3) is 0.845. The number of aromatic nitrogens is 3. The molecule has 0 atom stereocenters. The molecule has 12 heavy (non-hydrogen) atoms. The van der Waals surface area contributed by atoms with E-state index in [2.05, 4.69) is 10.1 Å². The topological polar surface area (TPSA) is 56.2 Å². The summed E-state index contributed by atoms with van der Waals surface area (Å²) in [7, 11) is 0. The molecule has 2 rings (SSSR count). The maximum Gasteiger partial charge on any atom is 0.240 e. The summed E-state index contributed by atoms with van der Waals surface area (Å²) in [5.74, 6) is 0.326. The summed E-state index contributed by atoms with van der Waals surface area (Å²) < 4.78 is 1.75. The van der Waals surface area contributed by atoms with Crippen LogP contribution in [-0.2, 0) is 0 Å². The Hall–Kier alpha value is -1.58. The van der Waals surface area contributed by atoms with Gasteiger partial charge in [0.05, 0.1) is 0 Å². The van der Waals surface area contributed by atoms with Gasteiger partial charge < -0.3 is 5.73 Å². The highest BCUT2D eigenvalue weighted by molar-refractivity contribution is 5.50. The van der Waals surface area contributed by atoms with Crippen LogP contribution in [0.5, 0.6) is 0 Å². The highest BCUT2D eigenvalue weighted by Gasteiger charge is 2.03. The van der Waals surface area contributed by atoms with Crippen LogP contribution >= 0.6 is 0 Å². The molecule has 0 aliphatic carbocycles. The minimum absolute atomic E-state index is 0.326. The lowest BCUT2D eigenvalue weighted by Crippen LogP contribution is -1.94. The van der Waals surface area contributed by atoms with Crippen LogP contribution in [0.25, 0.3) is 5.65 Å². The zero-order chi connectivity index (χ0) is 8.72. The van der Waals surface area contributed by atoms with Crippen molar-refractivity contribution in [3.05, 3.63) is 23.4 Å². The van der Waals surface area contributed by atoms with Crippen molar-refractivity contribution < 1.29 is 0 Å². The van der Waals surface area contributed by atoms with Crippen LogP contribution in [0.1, 0.15) is 11.3 Å². The third-order valence-electron chi connectivity index (χ3n) is 1.88. The average Bonchev–Trinajstić information content (AvgIpc) is 2.41. The normalized spacial score (nSPS) is 10.8. The first-order valence-corrected chi connectivity index (χ1v) is 3.77. The number of nitrogens with two attached hydrogens (primary N) is 1. The Morgan fingerprint density at radius 1 is 1.33 bits per heavy atom. The molecule has 2 aromatic rings. The van der Waals surface area contributed by atoms with Gasteiger partial charge in [0, 0.05) is 5.69 Å². The van der Waals surface area contributed by atoms with E-state index in [9.17, 15) is 0 Å². The first kappa shape index (κ1) is 7.09. The van der Waals surface area contributed by atoms with Gasteiger partial charge in [-0.05, 0) is 25.5 Å². The molecule has 0 spiro atoms. The lowest BCUT2D eigenvalue weighted by molar-refractivity contribution is 0.915. The molecule has 0 aromatic carbocycles. The Kier molecular flexibility index (Phi) is 1.30. The molecular formula is C8H10N4. The number of aryl methyl sites for hydroxylation is 2. The fourth-order valence-corrected chi connectivity index (χ4v) is 1.22. The van der Waals surface area contributed by atoms with Crippen LogP contribution in [0.4, 0.5) is 5.95 Å². The second-order valence-electron chi connectivity index (χ2n) is 2.86. The third-order valence-corrected chi connectivity index (χ3v) is 1.88. The zero-order valence-electron chi connectivity index (χ0n) is 7.07. The minimum Gasteiger partial charge on any atom is -0.366 e. The van der Waals surface area contributed by atoms with Crippen LogP contribution in [0.15, 0.2) is 12.1 Å². The van der Waals surface area contributed by atoms with Gasteiger partial charge in [0.25, 0.3) is 0 Å².